The van der Waals surface area contributed by atoms with E-state index in [9.17, 15) is 14.7 Å². The summed E-state index contributed by atoms with van der Waals surface area (Å²) in [6.07, 6.45) is 0. The predicted octanol–water partition coefficient (Wildman–Crippen LogP) is 5.39. The monoisotopic (exact) mass is 484 g/mol. The van der Waals surface area contributed by atoms with Crippen LogP contribution in [0.15, 0.2) is 72.3 Å². The highest BCUT2D eigenvalue weighted by molar-refractivity contribution is 6.46. The second kappa shape index (κ2) is 10.3. The Kier molecular flexibility index (Phi) is 7.15. The fraction of sp³-hybridized carbons (Fsp3) is 0.267. The topological polar surface area (TPSA) is 70.1 Å². The maximum atomic E-state index is 13.4. The second-order valence-electron chi connectivity index (χ2n) is 9.31. The lowest BCUT2D eigenvalue weighted by Gasteiger charge is -2.26. The van der Waals surface area contributed by atoms with Gasteiger partial charge in [-0.2, -0.15) is 0 Å². The molecule has 6 nitrogen and oxygen atoms in total. The average Bonchev–Trinajstić information content (AvgIpc) is 3.10. The first kappa shape index (κ1) is 25.0. The molecule has 3 aromatic rings. The number of hydrogen-bond donors (Lipinski definition) is 1. The lowest BCUT2D eigenvalue weighted by Crippen LogP contribution is -2.29. The van der Waals surface area contributed by atoms with Gasteiger partial charge in [-0.25, -0.2) is 0 Å². The zero-order valence-corrected chi connectivity index (χ0v) is 21.4. The molecule has 0 aliphatic carbocycles. The van der Waals surface area contributed by atoms with Crippen LogP contribution in [0.3, 0.4) is 0 Å². The van der Waals surface area contributed by atoms with Crippen LogP contribution in [0.25, 0.3) is 5.76 Å². The molecule has 1 aliphatic heterocycles. The normalized spacial score (nSPS) is 16.9. The number of carbonyl (C=O) groups is 2. The Hall–Kier alpha value is -4.06. The van der Waals surface area contributed by atoms with Gasteiger partial charge in [0, 0.05) is 31.9 Å². The number of nitrogens with zero attached hydrogens (tertiary/aromatic N) is 2. The summed E-state index contributed by atoms with van der Waals surface area (Å²) in [7, 11) is 3.90. The van der Waals surface area contributed by atoms with Gasteiger partial charge in [-0.15, -0.1) is 0 Å². The Morgan fingerprint density at radius 2 is 1.72 bits per heavy atom. The molecule has 6 heteroatoms. The Balaban J connectivity index is 1.86. The van der Waals surface area contributed by atoms with Crippen LogP contribution in [-0.4, -0.2) is 42.4 Å². The predicted molar refractivity (Wildman–Crippen MR) is 142 cm³/mol. The summed E-state index contributed by atoms with van der Waals surface area (Å²) in [6, 6.07) is 20.2. The number of aryl methyl sites for hydroxylation is 2. The third-order valence-corrected chi connectivity index (χ3v) is 6.48. The van der Waals surface area contributed by atoms with E-state index in [4.69, 9.17) is 4.74 Å². The minimum Gasteiger partial charge on any atom is -0.507 e. The van der Waals surface area contributed by atoms with Crippen LogP contribution in [0.4, 0.5) is 5.69 Å². The van der Waals surface area contributed by atoms with Crippen molar-refractivity contribution in [3.8, 4) is 5.75 Å². The molecule has 1 unspecified atom stereocenters. The molecule has 1 N–H and O–H groups in total. The van der Waals surface area contributed by atoms with Crippen LogP contribution in [0.1, 0.15) is 40.8 Å². The van der Waals surface area contributed by atoms with E-state index in [1.807, 2.05) is 106 Å². The van der Waals surface area contributed by atoms with Crippen molar-refractivity contribution in [2.75, 3.05) is 25.6 Å². The molecule has 3 aromatic carbocycles. The van der Waals surface area contributed by atoms with Crippen molar-refractivity contribution in [2.45, 2.75) is 33.4 Å². The molecule has 0 spiro atoms. The van der Waals surface area contributed by atoms with Gasteiger partial charge in [0.15, 0.2) is 0 Å². The number of hydrogen-bond acceptors (Lipinski definition) is 5. The molecule has 1 aliphatic rings. The van der Waals surface area contributed by atoms with Crippen LogP contribution in [-0.2, 0) is 16.1 Å². The number of rotatable bonds is 7. The van der Waals surface area contributed by atoms with Crippen molar-refractivity contribution in [3.05, 3.63) is 100 Å². The highest BCUT2D eigenvalue weighted by Gasteiger charge is 2.46. The van der Waals surface area contributed by atoms with Gasteiger partial charge in [0.1, 0.15) is 11.5 Å². The summed E-state index contributed by atoms with van der Waals surface area (Å²) < 4.78 is 5.62. The SMILES string of the molecule is CCOc1cccc(CN2C(=O)C(=O)/C(=C(/O)c3cc(C)ccc3C)C2c2ccc(N(C)C)cc2)c1. The Morgan fingerprint density at radius 3 is 2.39 bits per heavy atom. The molecule has 36 heavy (non-hydrogen) atoms. The minimum absolute atomic E-state index is 0.104. The summed E-state index contributed by atoms with van der Waals surface area (Å²) in [5.41, 5.74) is 5.03. The van der Waals surface area contributed by atoms with Crippen molar-refractivity contribution in [2.24, 2.45) is 0 Å². The molecule has 0 radical (unpaired) electrons. The smallest absolute Gasteiger partial charge is 0.295 e. The summed E-state index contributed by atoms with van der Waals surface area (Å²) in [5, 5.41) is 11.4. The third-order valence-electron chi connectivity index (χ3n) is 6.48. The molecule has 1 atom stereocenters. The molecule has 4 rings (SSSR count). The van der Waals surface area contributed by atoms with Gasteiger partial charge in [0.25, 0.3) is 11.7 Å². The summed E-state index contributed by atoms with van der Waals surface area (Å²) in [5.74, 6) is -0.767. The van der Waals surface area contributed by atoms with Gasteiger partial charge in [-0.1, -0.05) is 42.0 Å². The van der Waals surface area contributed by atoms with Gasteiger partial charge in [0.2, 0.25) is 0 Å². The molecule has 0 aromatic heterocycles. The molecular formula is C30H32N2O4. The molecule has 1 amide bonds. The quantitative estimate of drug-likeness (QED) is 0.277. The number of carbonyl (C=O) groups excluding carboxylic acids is 2. The zero-order valence-electron chi connectivity index (χ0n) is 21.4. The Bertz CT molecular complexity index is 1330. The lowest BCUT2D eigenvalue weighted by atomic mass is 9.93. The van der Waals surface area contributed by atoms with Crippen LogP contribution in [0, 0.1) is 13.8 Å². The van der Waals surface area contributed by atoms with E-state index in [2.05, 4.69) is 0 Å². The minimum atomic E-state index is -0.725. The van der Waals surface area contributed by atoms with E-state index in [0.717, 1.165) is 27.9 Å². The van der Waals surface area contributed by atoms with Gasteiger partial charge in [-0.05, 0) is 67.8 Å². The molecule has 1 fully saturated rings. The molecule has 1 saturated heterocycles. The number of amides is 1. The first-order valence-electron chi connectivity index (χ1n) is 12.1. The van der Waals surface area contributed by atoms with E-state index in [1.54, 1.807) is 0 Å². The number of ether oxygens (including phenoxy) is 1. The van der Waals surface area contributed by atoms with E-state index < -0.39 is 17.7 Å². The van der Waals surface area contributed by atoms with Crippen molar-refractivity contribution in [1.29, 1.82) is 0 Å². The highest BCUT2D eigenvalue weighted by Crippen LogP contribution is 2.41. The highest BCUT2D eigenvalue weighted by atomic mass is 16.5. The molecule has 0 saturated carbocycles. The Labute approximate surface area is 212 Å². The number of aliphatic hydroxyl groups excluding tert-OH is 1. The maximum absolute atomic E-state index is 13.4. The number of likely N-dealkylation sites (tertiary alicyclic amines) is 1. The maximum Gasteiger partial charge on any atom is 0.295 e. The number of aliphatic hydroxyl groups is 1. The van der Waals surface area contributed by atoms with E-state index >= 15 is 0 Å². The van der Waals surface area contributed by atoms with Gasteiger partial charge in [-0.3, -0.25) is 9.59 Å². The van der Waals surface area contributed by atoms with E-state index in [1.165, 1.54) is 4.90 Å². The fourth-order valence-corrected chi connectivity index (χ4v) is 4.58. The van der Waals surface area contributed by atoms with Crippen molar-refractivity contribution < 1.29 is 19.4 Å². The number of ketones is 1. The first-order chi connectivity index (χ1) is 17.2. The van der Waals surface area contributed by atoms with Gasteiger partial charge >= 0.3 is 0 Å². The van der Waals surface area contributed by atoms with Crippen molar-refractivity contribution in [3.63, 3.8) is 0 Å². The number of anilines is 1. The second-order valence-corrected chi connectivity index (χ2v) is 9.31. The van der Waals surface area contributed by atoms with Gasteiger partial charge < -0.3 is 19.6 Å². The first-order valence-corrected chi connectivity index (χ1v) is 12.1. The summed E-state index contributed by atoms with van der Waals surface area (Å²) in [6.45, 7) is 6.45. The third kappa shape index (κ3) is 4.85. The summed E-state index contributed by atoms with van der Waals surface area (Å²) in [4.78, 5) is 30.3. The van der Waals surface area contributed by atoms with Crippen LogP contribution >= 0.6 is 0 Å². The Morgan fingerprint density at radius 1 is 1.00 bits per heavy atom. The summed E-state index contributed by atoms with van der Waals surface area (Å²) >= 11 is 0. The number of Topliss-reactive ketones (excluding diaryl/α,β-unsaturated/α-hetero) is 1. The van der Waals surface area contributed by atoms with Crippen LogP contribution in [0.5, 0.6) is 5.75 Å². The molecule has 0 bridgehead atoms. The van der Waals surface area contributed by atoms with Crippen molar-refractivity contribution >= 4 is 23.1 Å². The van der Waals surface area contributed by atoms with Crippen LogP contribution in [0.2, 0.25) is 0 Å². The number of benzene rings is 3. The fourth-order valence-electron chi connectivity index (χ4n) is 4.58. The average molecular weight is 485 g/mol. The molecular weight excluding hydrogens is 452 g/mol. The molecule has 186 valence electrons. The van der Waals surface area contributed by atoms with Crippen molar-refractivity contribution in [1.82, 2.24) is 4.90 Å². The van der Waals surface area contributed by atoms with Gasteiger partial charge in [0.05, 0.1) is 18.2 Å². The van der Waals surface area contributed by atoms with E-state index in [0.29, 0.717) is 17.9 Å². The largest absolute Gasteiger partial charge is 0.507 e. The zero-order chi connectivity index (χ0) is 26.0. The van der Waals surface area contributed by atoms with E-state index in [-0.39, 0.29) is 17.9 Å². The molecule has 1 heterocycles. The standard InChI is InChI=1S/C30H32N2O4/c1-6-36-24-9-7-8-21(17-24)18-32-27(22-12-14-23(15-13-22)31(4)5)26(29(34)30(32)35)28(33)25-16-19(2)10-11-20(25)3/h7-17,27,33H,6,18H2,1-5H3/b28-26+. The lowest BCUT2D eigenvalue weighted by molar-refractivity contribution is -0.140. The van der Waals surface area contributed by atoms with Crippen LogP contribution < -0.4 is 9.64 Å².